The number of rotatable bonds is 5. The molecule has 8 heteroatoms. The lowest BCUT2D eigenvalue weighted by Gasteiger charge is -2.15. The molecule has 144 valence electrons. The van der Waals surface area contributed by atoms with Gasteiger partial charge in [0.25, 0.3) is 11.6 Å². The molecule has 0 saturated heterocycles. The van der Waals surface area contributed by atoms with Gasteiger partial charge < -0.3 is 10.1 Å². The van der Waals surface area contributed by atoms with Crippen molar-refractivity contribution in [2.24, 2.45) is 0 Å². The van der Waals surface area contributed by atoms with E-state index in [1.54, 1.807) is 6.07 Å². The number of thiophene rings is 1. The fourth-order valence-electron chi connectivity index (χ4n) is 2.75. The van der Waals surface area contributed by atoms with E-state index in [1.807, 2.05) is 32.0 Å². The Morgan fingerprint density at radius 1 is 1.14 bits per heavy atom. The van der Waals surface area contributed by atoms with Crippen LogP contribution in [0.3, 0.4) is 0 Å². The van der Waals surface area contributed by atoms with Crippen LogP contribution in [-0.2, 0) is 9.53 Å². The molecule has 1 amide bonds. The summed E-state index contributed by atoms with van der Waals surface area (Å²) in [6, 6.07) is 11.6. The van der Waals surface area contributed by atoms with Crippen LogP contribution in [0.2, 0.25) is 0 Å². The molecule has 0 aliphatic heterocycles. The van der Waals surface area contributed by atoms with Gasteiger partial charge in [-0.05, 0) is 44.0 Å². The monoisotopic (exact) mass is 398 g/mol. The summed E-state index contributed by atoms with van der Waals surface area (Å²) >= 11 is 1.16. The van der Waals surface area contributed by atoms with Crippen LogP contribution in [0.25, 0.3) is 10.1 Å². The van der Waals surface area contributed by atoms with Crippen molar-refractivity contribution >= 4 is 44.7 Å². The second-order valence-corrected chi connectivity index (χ2v) is 7.48. The molecule has 28 heavy (non-hydrogen) atoms. The van der Waals surface area contributed by atoms with Crippen molar-refractivity contribution in [3.05, 3.63) is 68.6 Å². The van der Waals surface area contributed by atoms with Gasteiger partial charge in [0.1, 0.15) is 4.88 Å². The number of ether oxygens (including phenoxy) is 1. The number of nitrogens with one attached hydrogen (secondary N) is 1. The molecule has 0 fully saturated rings. The Morgan fingerprint density at radius 2 is 1.82 bits per heavy atom. The van der Waals surface area contributed by atoms with E-state index in [0.717, 1.165) is 27.2 Å². The van der Waals surface area contributed by atoms with Gasteiger partial charge in [-0.3, -0.25) is 14.9 Å². The van der Waals surface area contributed by atoms with E-state index >= 15 is 0 Å². The van der Waals surface area contributed by atoms with Crippen molar-refractivity contribution in [1.82, 2.24) is 0 Å². The van der Waals surface area contributed by atoms with E-state index in [9.17, 15) is 19.7 Å². The largest absolute Gasteiger partial charge is 0.448 e. The highest BCUT2D eigenvalue weighted by Crippen LogP contribution is 2.29. The molecule has 3 aromatic rings. The summed E-state index contributed by atoms with van der Waals surface area (Å²) in [5.74, 6) is -1.07. The summed E-state index contributed by atoms with van der Waals surface area (Å²) in [7, 11) is 0. The van der Waals surface area contributed by atoms with Crippen LogP contribution in [-0.4, -0.2) is 22.9 Å². The molecular formula is C20H18N2O5S. The summed E-state index contributed by atoms with van der Waals surface area (Å²) in [5, 5.41) is 14.3. The zero-order valence-corrected chi connectivity index (χ0v) is 16.3. The third kappa shape index (κ3) is 4.01. The Bertz CT molecular complexity index is 1070. The highest BCUT2D eigenvalue weighted by Gasteiger charge is 2.22. The van der Waals surface area contributed by atoms with Crippen molar-refractivity contribution in [2.45, 2.75) is 26.9 Å². The minimum atomic E-state index is -0.994. The number of nitro benzene ring substituents is 1. The summed E-state index contributed by atoms with van der Waals surface area (Å²) in [4.78, 5) is 35.5. The number of aryl methyl sites for hydroxylation is 2. The minimum Gasteiger partial charge on any atom is -0.448 e. The van der Waals surface area contributed by atoms with E-state index < -0.39 is 22.9 Å². The third-order valence-electron chi connectivity index (χ3n) is 4.29. The second-order valence-electron chi connectivity index (χ2n) is 6.39. The summed E-state index contributed by atoms with van der Waals surface area (Å²) in [6.45, 7) is 5.27. The number of carbonyl (C=O) groups is 2. The van der Waals surface area contributed by atoms with E-state index in [0.29, 0.717) is 11.1 Å². The molecule has 0 saturated carbocycles. The van der Waals surface area contributed by atoms with E-state index in [1.165, 1.54) is 25.1 Å². The molecule has 0 spiro atoms. The highest BCUT2D eigenvalue weighted by atomic mass is 32.1. The van der Waals surface area contributed by atoms with E-state index in [4.69, 9.17) is 4.74 Å². The molecule has 0 bridgehead atoms. The predicted octanol–water partition coefficient (Wildman–Crippen LogP) is 4.61. The standard InChI is InChI=1S/C20H18N2O5S/c1-11-5-4-6-12(2)18(11)21-19(23)13(3)27-20(24)17-10-14-9-15(22(25)26)7-8-16(14)28-17/h4-10,13H,1-3H3,(H,21,23)/t13-/m1/s1. The van der Waals surface area contributed by atoms with Gasteiger partial charge in [0.15, 0.2) is 6.10 Å². The first kappa shape index (κ1) is 19.5. The Balaban J connectivity index is 1.72. The Kier molecular flexibility index (Phi) is 5.41. The number of esters is 1. The lowest BCUT2D eigenvalue weighted by molar-refractivity contribution is -0.384. The molecule has 2 aromatic carbocycles. The van der Waals surface area contributed by atoms with Crippen LogP contribution in [0.5, 0.6) is 0 Å². The number of para-hydroxylation sites is 1. The zero-order chi connectivity index (χ0) is 20.4. The van der Waals surface area contributed by atoms with Crippen LogP contribution in [0.4, 0.5) is 11.4 Å². The first-order valence-electron chi connectivity index (χ1n) is 8.52. The average Bonchev–Trinajstić information content (AvgIpc) is 3.08. The number of benzene rings is 2. The molecule has 3 rings (SSSR count). The number of carbonyl (C=O) groups excluding carboxylic acids is 2. The van der Waals surface area contributed by atoms with Crippen LogP contribution in [0, 0.1) is 24.0 Å². The molecule has 7 nitrogen and oxygen atoms in total. The predicted molar refractivity (Wildman–Crippen MR) is 108 cm³/mol. The molecule has 0 aliphatic rings. The molecular weight excluding hydrogens is 380 g/mol. The normalized spacial score (nSPS) is 11.8. The van der Waals surface area contributed by atoms with Gasteiger partial charge in [0.2, 0.25) is 0 Å². The van der Waals surface area contributed by atoms with Crippen LogP contribution in [0.15, 0.2) is 42.5 Å². The minimum absolute atomic E-state index is 0.0495. The Hall–Kier alpha value is -3.26. The number of hydrogen-bond acceptors (Lipinski definition) is 6. The van der Waals surface area contributed by atoms with E-state index in [-0.39, 0.29) is 10.6 Å². The number of nitrogens with zero attached hydrogens (tertiary/aromatic N) is 1. The molecule has 0 aliphatic carbocycles. The number of hydrogen-bond donors (Lipinski definition) is 1. The van der Waals surface area contributed by atoms with Gasteiger partial charge in [0, 0.05) is 27.9 Å². The molecule has 1 N–H and O–H groups in total. The van der Waals surface area contributed by atoms with Crippen molar-refractivity contribution < 1.29 is 19.2 Å². The summed E-state index contributed by atoms with van der Waals surface area (Å²) in [5.41, 5.74) is 2.48. The fraction of sp³-hybridized carbons (Fsp3) is 0.200. The number of anilines is 1. The number of nitro groups is 1. The summed E-state index contributed by atoms with van der Waals surface area (Å²) < 4.78 is 6.01. The van der Waals surface area contributed by atoms with Gasteiger partial charge in [0.05, 0.1) is 4.92 Å². The van der Waals surface area contributed by atoms with Gasteiger partial charge in [-0.2, -0.15) is 0 Å². The van der Waals surface area contributed by atoms with Crippen LogP contribution in [0.1, 0.15) is 27.7 Å². The van der Waals surface area contributed by atoms with Crippen molar-refractivity contribution in [3.8, 4) is 0 Å². The Labute approximate surface area is 165 Å². The Morgan fingerprint density at radius 3 is 2.46 bits per heavy atom. The number of fused-ring (bicyclic) bond motifs is 1. The lowest BCUT2D eigenvalue weighted by atomic mass is 10.1. The SMILES string of the molecule is Cc1cccc(C)c1NC(=O)[C@@H](C)OC(=O)c1cc2cc([N+](=O)[O-])ccc2s1. The van der Waals surface area contributed by atoms with Gasteiger partial charge >= 0.3 is 5.97 Å². The average molecular weight is 398 g/mol. The molecule has 0 unspecified atom stereocenters. The number of non-ortho nitro benzene ring substituents is 1. The zero-order valence-electron chi connectivity index (χ0n) is 15.5. The van der Waals surface area contributed by atoms with Crippen LogP contribution < -0.4 is 5.32 Å². The maximum absolute atomic E-state index is 12.4. The topological polar surface area (TPSA) is 98.5 Å². The van der Waals surface area contributed by atoms with Gasteiger partial charge in [-0.25, -0.2) is 4.79 Å². The number of amides is 1. The lowest BCUT2D eigenvalue weighted by Crippen LogP contribution is -2.30. The highest BCUT2D eigenvalue weighted by molar-refractivity contribution is 7.20. The maximum Gasteiger partial charge on any atom is 0.349 e. The van der Waals surface area contributed by atoms with Crippen molar-refractivity contribution in [2.75, 3.05) is 5.32 Å². The smallest absolute Gasteiger partial charge is 0.349 e. The molecule has 1 heterocycles. The second kappa shape index (κ2) is 7.77. The van der Waals surface area contributed by atoms with Gasteiger partial charge in [-0.15, -0.1) is 11.3 Å². The first-order chi connectivity index (χ1) is 13.3. The van der Waals surface area contributed by atoms with Crippen molar-refractivity contribution in [1.29, 1.82) is 0 Å². The maximum atomic E-state index is 12.4. The molecule has 1 atom stereocenters. The van der Waals surface area contributed by atoms with Crippen LogP contribution >= 0.6 is 11.3 Å². The van der Waals surface area contributed by atoms with Gasteiger partial charge in [-0.1, -0.05) is 18.2 Å². The summed E-state index contributed by atoms with van der Waals surface area (Å²) in [6.07, 6.45) is -0.994. The fourth-order valence-corrected chi connectivity index (χ4v) is 3.68. The van der Waals surface area contributed by atoms with E-state index in [2.05, 4.69) is 5.32 Å². The molecule has 1 aromatic heterocycles. The van der Waals surface area contributed by atoms with Crippen molar-refractivity contribution in [3.63, 3.8) is 0 Å². The first-order valence-corrected chi connectivity index (χ1v) is 9.34. The molecule has 0 radical (unpaired) electrons. The third-order valence-corrected chi connectivity index (χ3v) is 5.39. The quantitative estimate of drug-likeness (QED) is 0.384.